The van der Waals surface area contributed by atoms with Gasteiger partial charge >= 0.3 is 0 Å². The van der Waals surface area contributed by atoms with Crippen molar-refractivity contribution in [2.45, 2.75) is 26.3 Å². The minimum Gasteiger partial charge on any atom is -0.350 e. The Labute approximate surface area is 112 Å². The van der Waals surface area contributed by atoms with Gasteiger partial charge in [0.1, 0.15) is 0 Å². The standard InChI is InChI=1S/C15H18N2O2/c1-4-10(2)16-15(19)14(18)12-9-17(3)13-8-6-5-7-11(12)13/h5-10H,4H2,1-3H3,(H,16,19). The first-order valence-corrected chi connectivity index (χ1v) is 6.43. The van der Waals surface area contributed by atoms with Crippen molar-refractivity contribution < 1.29 is 9.59 Å². The van der Waals surface area contributed by atoms with Crippen molar-refractivity contribution in [3.05, 3.63) is 36.0 Å². The van der Waals surface area contributed by atoms with E-state index < -0.39 is 11.7 Å². The van der Waals surface area contributed by atoms with Crippen LogP contribution in [-0.4, -0.2) is 22.3 Å². The van der Waals surface area contributed by atoms with Crippen LogP contribution in [0.3, 0.4) is 0 Å². The van der Waals surface area contributed by atoms with E-state index in [2.05, 4.69) is 5.32 Å². The summed E-state index contributed by atoms with van der Waals surface area (Å²) < 4.78 is 1.86. The Bertz CT molecular complexity index is 628. The quantitative estimate of drug-likeness (QED) is 0.675. The maximum absolute atomic E-state index is 12.2. The fourth-order valence-electron chi connectivity index (χ4n) is 2.04. The molecule has 0 fully saturated rings. The average Bonchev–Trinajstić information content (AvgIpc) is 2.75. The largest absolute Gasteiger partial charge is 0.350 e. The number of hydrogen-bond donors (Lipinski definition) is 1. The van der Waals surface area contributed by atoms with Crippen molar-refractivity contribution in [1.82, 2.24) is 9.88 Å². The zero-order valence-electron chi connectivity index (χ0n) is 11.4. The number of para-hydroxylation sites is 1. The summed E-state index contributed by atoms with van der Waals surface area (Å²) in [6.45, 7) is 3.85. The van der Waals surface area contributed by atoms with Crippen LogP contribution in [0.25, 0.3) is 10.9 Å². The first-order valence-electron chi connectivity index (χ1n) is 6.43. The molecule has 1 unspecified atom stereocenters. The number of ketones is 1. The highest BCUT2D eigenvalue weighted by Gasteiger charge is 2.21. The van der Waals surface area contributed by atoms with Gasteiger partial charge in [0.15, 0.2) is 0 Å². The van der Waals surface area contributed by atoms with E-state index in [1.165, 1.54) is 0 Å². The van der Waals surface area contributed by atoms with Crippen molar-refractivity contribution in [1.29, 1.82) is 0 Å². The zero-order chi connectivity index (χ0) is 14.0. The molecule has 4 heteroatoms. The molecule has 1 heterocycles. The molecule has 1 aromatic heterocycles. The number of aromatic nitrogens is 1. The number of rotatable bonds is 4. The Hall–Kier alpha value is -2.10. The number of aryl methyl sites for hydroxylation is 1. The van der Waals surface area contributed by atoms with E-state index in [1.54, 1.807) is 6.20 Å². The van der Waals surface area contributed by atoms with Crippen LogP contribution in [-0.2, 0) is 11.8 Å². The van der Waals surface area contributed by atoms with Crippen molar-refractivity contribution >= 4 is 22.6 Å². The lowest BCUT2D eigenvalue weighted by Gasteiger charge is -2.09. The molecule has 100 valence electrons. The zero-order valence-corrected chi connectivity index (χ0v) is 11.4. The second-order valence-corrected chi connectivity index (χ2v) is 4.78. The fraction of sp³-hybridized carbons (Fsp3) is 0.333. The van der Waals surface area contributed by atoms with Gasteiger partial charge in [-0.15, -0.1) is 0 Å². The van der Waals surface area contributed by atoms with Gasteiger partial charge in [-0.3, -0.25) is 9.59 Å². The second kappa shape index (κ2) is 5.26. The van der Waals surface area contributed by atoms with Crippen LogP contribution in [0.15, 0.2) is 30.5 Å². The highest BCUT2D eigenvalue weighted by molar-refractivity contribution is 6.45. The van der Waals surface area contributed by atoms with Gasteiger partial charge in [-0.05, 0) is 19.4 Å². The van der Waals surface area contributed by atoms with Gasteiger partial charge in [-0.2, -0.15) is 0 Å². The number of fused-ring (bicyclic) bond motifs is 1. The van der Waals surface area contributed by atoms with Gasteiger partial charge < -0.3 is 9.88 Å². The third-order valence-corrected chi connectivity index (χ3v) is 3.34. The maximum Gasteiger partial charge on any atom is 0.292 e. The number of carbonyl (C=O) groups excluding carboxylic acids is 2. The number of amides is 1. The number of carbonyl (C=O) groups is 2. The molecular weight excluding hydrogens is 240 g/mol. The molecule has 0 saturated heterocycles. The van der Waals surface area contributed by atoms with Crippen LogP contribution in [0.2, 0.25) is 0 Å². The molecule has 0 bridgehead atoms. The van der Waals surface area contributed by atoms with E-state index >= 15 is 0 Å². The summed E-state index contributed by atoms with van der Waals surface area (Å²) in [7, 11) is 1.87. The van der Waals surface area contributed by atoms with Gasteiger partial charge in [0.05, 0.1) is 5.56 Å². The molecule has 0 spiro atoms. The molecule has 0 saturated carbocycles. The van der Waals surface area contributed by atoms with E-state index in [-0.39, 0.29) is 6.04 Å². The number of benzene rings is 1. The molecule has 1 aromatic carbocycles. The van der Waals surface area contributed by atoms with Crippen LogP contribution in [0.5, 0.6) is 0 Å². The van der Waals surface area contributed by atoms with Gasteiger partial charge in [-0.25, -0.2) is 0 Å². The molecule has 4 nitrogen and oxygen atoms in total. The minimum atomic E-state index is -0.536. The lowest BCUT2D eigenvalue weighted by molar-refractivity contribution is -0.117. The molecule has 2 rings (SSSR count). The van der Waals surface area contributed by atoms with E-state index in [0.717, 1.165) is 17.3 Å². The van der Waals surface area contributed by atoms with Gasteiger partial charge in [-0.1, -0.05) is 25.1 Å². The molecule has 0 aliphatic carbocycles. The SMILES string of the molecule is CCC(C)NC(=O)C(=O)c1cn(C)c2ccccc12. The minimum absolute atomic E-state index is 0.00595. The summed E-state index contributed by atoms with van der Waals surface area (Å²) in [4.78, 5) is 24.1. The Balaban J connectivity index is 2.34. The van der Waals surface area contributed by atoms with Gasteiger partial charge in [0.2, 0.25) is 0 Å². The first kappa shape index (κ1) is 13.3. The summed E-state index contributed by atoms with van der Waals surface area (Å²) in [6, 6.07) is 7.57. The van der Waals surface area contributed by atoms with Crippen LogP contribution in [0.1, 0.15) is 30.6 Å². The van der Waals surface area contributed by atoms with Gasteiger partial charge in [0.25, 0.3) is 11.7 Å². The van der Waals surface area contributed by atoms with Crippen molar-refractivity contribution in [3.63, 3.8) is 0 Å². The highest BCUT2D eigenvalue weighted by Crippen LogP contribution is 2.20. The summed E-state index contributed by atoms with van der Waals surface area (Å²) in [5, 5.41) is 3.52. The number of nitrogens with one attached hydrogen (secondary N) is 1. The first-order chi connectivity index (χ1) is 9.04. The van der Waals surface area contributed by atoms with E-state index in [0.29, 0.717) is 5.56 Å². The molecule has 1 atom stereocenters. The smallest absolute Gasteiger partial charge is 0.292 e. The third-order valence-electron chi connectivity index (χ3n) is 3.34. The monoisotopic (exact) mass is 258 g/mol. The normalized spacial score (nSPS) is 12.4. The van der Waals surface area contributed by atoms with Crippen LogP contribution >= 0.6 is 0 Å². The predicted octanol–water partition coefficient (Wildman–Crippen LogP) is 2.28. The summed E-state index contributed by atoms with van der Waals surface area (Å²) >= 11 is 0. The number of nitrogens with zero attached hydrogens (tertiary/aromatic N) is 1. The molecule has 1 N–H and O–H groups in total. The average molecular weight is 258 g/mol. The van der Waals surface area contributed by atoms with Crippen molar-refractivity contribution in [3.8, 4) is 0 Å². The Kier molecular flexibility index (Phi) is 3.69. The lowest BCUT2D eigenvalue weighted by Crippen LogP contribution is -2.37. The summed E-state index contributed by atoms with van der Waals surface area (Å²) in [5.74, 6) is -1.01. The topological polar surface area (TPSA) is 51.1 Å². The predicted molar refractivity (Wildman–Crippen MR) is 75.1 cm³/mol. The third kappa shape index (κ3) is 2.52. The molecular formula is C15H18N2O2. The Morgan fingerprint density at radius 3 is 2.68 bits per heavy atom. The second-order valence-electron chi connectivity index (χ2n) is 4.78. The maximum atomic E-state index is 12.2. The summed E-state index contributed by atoms with van der Waals surface area (Å²) in [5.41, 5.74) is 1.40. The number of hydrogen-bond acceptors (Lipinski definition) is 2. The Morgan fingerprint density at radius 1 is 1.32 bits per heavy atom. The van der Waals surface area contributed by atoms with Crippen LogP contribution in [0.4, 0.5) is 0 Å². The molecule has 19 heavy (non-hydrogen) atoms. The fourth-order valence-corrected chi connectivity index (χ4v) is 2.04. The molecule has 1 amide bonds. The highest BCUT2D eigenvalue weighted by atomic mass is 16.2. The van der Waals surface area contributed by atoms with Crippen LogP contribution < -0.4 is 5.32 Å². The van der Waals surface area contributed by atoms with E-state index in [9.17, 15) is 9.59 Å². The Morgan fingerprint density at radius 2 is 2.00 bits per heavy atom. The molecule has 2 aromatic rings. The van der Waals surface area contributed by atoms with Crippen molar-refractivity contribution in [2.75, 3.05) is 0 Å². The van der Waals surface area contributed by atoms with Gasteiger partial charge in [0, 0.05) is 30.2 Å². The van der Waals surface area contributed by atoms with Crippen LogP contribution in [0, 0.1) is 0 Å². The lowest BCUT2D eigenvalue weighted by atomic mass is 10.1. The van der Waals surface area contributed by atoms with E-state index in [1.807, 2.05) is 49.7 Å². The van der Waals surface area contributed by atoms with E-state index in [4.69, 9.17) is 0 Å². The number of Topliss-reactive ketones (excluding diaryl/α,β-unsaturated/α-hetero) is 1. The molecule has 0 aliphatic heterocycles. The van der Waals surface area contributed by atoms with Crippen molar-refractivity contribution in [2.24, 2.45) is 7.05 Å². The summed E-state index contributed by atoms with van der Waals surface area (Å²) in [6.07, 6.45) is 2.51. The molecule has 0 radical (unpaired) electrons. The molecule has 0 aliphatic rings.